The van der Waals surface area contributed by atoms with Gasteiger partial charge in [0.2, 0.25) is 5.91 Å². The van der Waals surface area contributed by atoms with Crippen molar-refractivity contribution in [2.75, 3.05) is 36.5 Å². The molecule has 0 spiro atoms. The number of morpholine rings is 1. The van der Waals surface area contributed by atoms with E-state index in [2.05, 4.69) is 15.5 Å². The van der Waals surface area contributed by atoms with Gasteiger partial charge in [-0.15, -0.1) is 0 Å². The number of anilines is 2. The summed E-state index contributed by atoms with van der Waals surface area (Å²) in [5, 5.41) is 7.00. The molecule has 1 fully saturated rings. The zero-order valence-electron chi connectivity index (χ0n) is 17.5. The molecule has 1 aliphatic heterocycles. The number of hydrogen-bond acceptors (Lipinski definition) is 5. The topological polar surface area (TPSA) is 66.7 Å². The van der Waals surface area contributed by atoms with E-state index >= 15 is 0 Å². The van der Waals surface area contributed by atoms with E-state index in [1.807, 2.05) is 24.3 Å². The molecule has 0 aliphatic carbocycles. The number of carbonyl (C=O) groups is 1. The van der Waals surface area contributed by atoms with E-state index in [1.54, 1.807) is 36.4 Å². The number of hydrogen-bond donors (Lipinski definition) is 2. The highest BCUT2D eigenvalue weighted by Gasteiger charge is 2.15. The molecule has 0 saturated carbocycles. The van der Waals surface area contributed by atoms with Crippen LogP contribution in [0.5, 0.6) is 0 Å². The highest BCUT2D eigenvalue weighted by Crippen LogP contribution is 2.31. The summed E-state index contributed by atoms with van der Waals surface area (Å²) in [6.45, 7) is 2.96. The molecular formula is C24H21Cl2N3O3S. The second-order valence-corrected chi connectivity index (χ2v) is 8.47. The molecule has 3 aromatic rings. The predicted molar refractivity (Wildman–Crippen MR) is 137 cm³/mol. The van der Waals surface area contributed by atoms with Gasteiger partial charge in [-0.3, -0.25) is 10.1 Å². The molecule has 1 aromatic heterocycles. The van der Waals surface area contributed by atoms with E-state index in [0.717, 1.165) is 30.0 Å². The van der Waals surface area contributed by atoms with E-state index in [1.165, 1.54) is 6.08 Å². The Morgan fingerprint density at radius 3 is 2.64 bits per heavy atom. The number of amides is 1. The summed E-state index contributed by atoms with van der Waals surface area (Å²) in [6.07, 6.45) is 2.92. The van der Waals surface area contributed by atoms with Crippen LogP contribution < -0.4 is 15.5 Å². The summed E-state index contributed by atoms with van der Waals surface area (Å²) in [4.78, 5) is 14.6. The highest BCUT2D eigenvalue weighted by molar-refractivity contribution is 7.80. The van der Waals surface area contributed by atoms with Crippen LogP contribution >= 0.6 is 35.4 Å². The van der Waals surface area contributed by atoms with Crippen LogP contribution in [0.4, 0.5) is 11.4 Å². The first-order chi connectivity index (χ1) is 16.0. The molecule has 0 bridgehead atoms. The van der Waals surface area contributed by atoms with Gasteiger partial charge in [0.15, 0.2) is 5.11 Å². The van der Waals surface area contributed by atoms with Crippen molar-refractivity contribution < 1.29 is 13.9 Å². The third kappa shape index (κ3) is 6.15. The SMILES string of the molecule is O=C(/C=C/c1ccc(-c2ccc(Cl)cc2Cl)o1)NC(=S)Nc1ccccc1N1CCOCC1. The van der Waals surface area contributed by atoms with Crippen molar-refractivity contribution in [3.63, 3.8) is 0 Å². The monoisotopic (exact) mass is 501 g/mol. The van der Waals surface area contributed by atoms with Crippen molar-refractivity contribution in [2.45, 2.75) is 0 Å². The van der Waals surface area contributed by atoms with E-state index in [-0.39, 0.29) is 11.0 Å². The normalized spacial score (nSPS) is 13.8. The summed E-state index contributed by atoms with van der Waals surface area (Å²) in [5.74, 6) is 0.704. The average molecular weight is 502 g/mol. The van der Waals surface area contributed by atoms with Gasteiger partial charge < -0.3 is 19.4 Å². The molecule has 33 heavy (non-hydrogen) atoms. The standard InChI is InChI=1S/C24H21Cl2N3O3S/c25-16-5-8-18(19(26)15-16)22-9-6-17(32-22)7-10-23(30)28-24(33)27-20-3-1-2-4-21(20)29-11-13-31-14-12-29/h1-10,15H,11-14H2,(H2,27,28,30,33)/b10-7+. The van der Waals surface area contributed by atoms with Crippen LogP contribution in [0.3, 0.4) is 0 Å². The number of thiocarbonyl (C=S) groups is 1. The van der Waals surface area contributed by atoms with E-state index in [9.17, 15) is 4.79 Å². The molecule has 0 radical (unpaired) electrons. The van der Waals surface area contributed by atoms with Gasteiger partial charge >= 0.3 is 0 Å². The van der Waals surface area contributed by atoms with Crippen LogP contribution in [0, 0.1) is 0 Å². The van der Waals surface area contributed by atoms with Crippen LogP contribution in [0.2, 0.25) is 10.0 Å². The van der Waals surface area contributed by atoms with Gasteiger partial charge in [0, 0.05) is 29.8 Å². The second-order valence-electron chi connectivity index (χ2n) is 7.22. The molecule has 2 N–H and O–H groups in total. The third-order valence-corrected chi connectivity index (χ3v) is 5.72. The van der Waals surface area contributed by atoms with Gasteiger partial charge in [0.25, 0.3) is 0 Å². The average Bonchev–Trinajstić information content (AvgIpc) is 3.27. The Labute approximate surface area is 207 Å². The Kier molecular flexibility index (Phi) is 7.67. The minimum absolute atomic E-state index is 0.207. The number of nitrogens with zero attached hydrogens (tertiary/aromatic N) is 1. The number of benzene rings is 2. The maximum Gasteiger partial charge on any atom is 0.250 e. The molecule has 1 aliphatic rings. The second kappa shape index (κ2) is 10.9. The maximum atomic E-state index is 12.3. The fourth-order valence-corrected chi connectivity index (χ4v) is 4.11. The van der Waals surface area contributed by atoms with E-state index in [4.69, 9.17) is 44.6 Å². The minimum atomic E-state index is -0.376. The Morgan fingerprint density at radius 2 is 1.85 bits per heavy atom. The van der Waals surface area contributed by atoms with Crippen LogP contribution in [0.1, 0.15) is 5.76 Å². The lowest BCUT2D eigenvalue weighted by Crippen LogP contribution is -2.37. The fourth-order valence-electron chi connectivity index (χ4n) is 3.40. The summed E-state index contributed by atoms with van der Waals surface area (Å²) in [7, 11) is 0. The number of carbonyl (C=O) groups excluding carboxylic acids is 1. The number of ether oxygens (including phenoxy) is 1. The largest absolute Gasteiger partial charge is 0.457 e. The molecule has 0 atom stereocenters. The Bertz CT molecular complexity index is 1190. The molecule has 1 saturated heterocycles. The first-order valence-electron chi connectivity index (χ1n) is 10.3. The highest BCUT2D eigenvalue weighted by atomic mass is 35.5. The lowest BCUT2D eigenvalue weighted by Gasteiger charge is -2.30. The molecule has 4 rings (SSSR count). The van der Waals surface area contributed by atoms with Crippen LogP contribution in [-0.2, 0) is 9.53 Å². The molecule has 1 amide bonds. The molecule has 170 valence electrons. The molecule has 2 heterocycles. The molecule has 0 unspecified atom stereocenters. The summed E-state index contributed by atoms with van der Waals surface area (Å²) < 4.78 is 11.2. The van der Waals surface area contributed by atoms with Gasteiger partial charge in [0.1, 0.15) is 11.5 Å². The summed E-state index contributed by atoms with van der Waals surface area (Å²) in [6, 6.07) is 16.5. The third-order valence-electron chi connectivity index (χ3n) is 4.96. The first-order valence-corrected chi connectivity index (χ1v) is 11.4. The van der Waals surface area contributed by atoms with E-state index in [0.29, 0.717) is 34.8 Å². The van der Waals surface area contributed by atoms with Gasteiger partial charge in [-0.2, -0.15) is 0 Å². The predicted octanol–water partition coefficient (Wildman–Crippen LogP) is 5.62. The Morgan fingerprint density at radius 1 is 1.06 bits per heavy atom. The van der Waals surface area contributed by atoms with Crippen molar-refractivity contribution in [3.8, 4) is 11.3 Å². The lowest BCUT2D eigenvalue weighted by atomic mass is 10.2. The number of halogens is 2. The fraction of sp³-hybridized carbons (Fsp3) is 0.167. The molecular weight excluding hydrogens is 481 g/mol. The molecule has 9 heteroatoms. The Balaban J connectivity index is 1.36. The summed E-state index contributed by atoms with van der Waals surface area (Å²) in [5.41, 5.74) is 2.55. The van der Waals surface area contributed by atoms with Gasteiger partial charge in [-0.25, -0.2) is 0 Å². The van der Waals surface area contributed by atoms with Crippen molar-refractivity contribution in [1.82, 2.24) is 5.32 Å². The minimum Gasteiger partial charge on any atom is -0.457 e. The summed E-state index contributed by atoms with van der Waals surface area (Å²) >= 11 is 17.5. The smallest absolute Gasteiger partial charge is 0.250 e. The first kappa shape index (κ1) is 23.3. The zero-order valence-corrected chi connectivity index (χ0v) is 19.8. The molecule has 2 aromatic carbocycles. The number of para-hydroxylation sites is 2. The number of rotatable bonds is 5. The zero-order chi connectivity index (χ0) is 23.2. The Hall–Kier alpha value is -2.84. The lowest BCUT2D eigenvalue weighted by molar-refractivity contribution is -0.115. The van der Waals surface area contributed by atoms with Gasteiger partial charge in [0.05, 0.1) is 29.6 Å². The number of nitrogens with one attached hydrogen (secondary N) is 2. The van der Waals surface area contributed by atoms with Crippen molar-refractivity contribution in [3.05, 3.63) is 76.5 Å². The quantitative estimate of drug-likeness (QED) is 0.349. The van der Waals surface area contributed by atoms with Crippen LogP contribution in [0.15, 0.2) is 65.1 Å². The molecule has 6 nitrogen and oxygen atoms in total. The maximum absolute atomic E-state index is 12.3. The van der Waals surface area contributed by atoms with Crippen LogP contribution in [-0.4, -0.2) is 37.3 Å². The van der Waals surface area contributed by atoms with E-state index < -0.39 is 0 Å². The van der Waals surface area contributed by atoms with Crippen molar-refractivity contribution in [2.24, 2.45) is 0 Å². The van der Waals surface area contributed by atoms with Gasteiger partial charge in [-0.1, -0.05) is 35.3 Å². The van der Waals surface area contributed by atoms with Crippen molar-refractivity contribution in [1.29, 1.82) is 0 Å². The van der Waals surface area contributed by atoms with Crippen LogP contribution in [0.25, 0.3) is 17.4 Å². The number of furan rings is 1. The van der Waals surface area contributed by atoms with Crippen molar-refractivity contribution >= 4 is 63.9 Å². The van der Waals surface area contributed by atoms with Gasteiger partial charge in [-0.05, 0) is 60.8 Å².